The summed E-state index contributed by atoms with van der Waals surface area (Å²) in [5.74, 6) is 0.508. The number of amides is 2. The van der Waals surface area contributed by atoms with E-state index in [0.29, 0.717) is 45.3 Å². The van der Waals surface area contributed by atoms with Crippen molar-refractivity contribution >= 4 is 50.2 Å². The number of nitrogens with zero attached hydrogens (tertiary/aromatic N) is 6. The van der Waals surface area contributed by atoms with E-state index in [1.165, 1.54) is 19.8 Å². The molecule has 1 unspecified atom stereocenters. The van der Waals surface area contributed by atoms with Crippen LogP contribution in [0.5, 0.6) is 0 Å². The third-order valence-corrected chi connectivity index (χ3v) is 9.56. The average Bonchev–Trinajstić information content (AvgIpc) is 3.90. The molecule has 2 aliphatic carbocycles. The van der Waals surface area contributed by atoms with Crippen LogP contribution in [0.25, 0.3) is 22.0 Å². The van der Waals surface area contributed by atoms with Gasteiger partial charge in [-0.25, -0.2) is 15.0 Å². The number of carbonyl (C=O) groups is 3. The van der Waals surface area contributed by atoms with Crippen molar-refractivity contribution in [1.29, 1.82) is 0 Å². The lowest BCUT2D eigenvalue weighted by Crippen LogP contribution is -2.47. The van der Waals surface area contributed by atoms with Gasteiger partial charge in [-0.2, -0.15) is 5.10 Å². The summed E-state index contributed by atoms with van der Waals surface area (Å²) in [6.45, 7) is 5.88. The topological polar surface area (TPSA) is 135 Å². The number of piperidine rings is 1. The van der Waals surface area contributed by atoms with Crippen molar-refractivity contribution in [2.75, 3.05) is 11.9 Å². The molecule has 1 aromatic carbocycles. The fraction of sp³-hybridized carbons (Fsp3) is 0.406. The van der Waals surface area contributed by atoms with Gasteiger partial charge in [-0.3, -0.25) is 19.1 Å². The maximum atomic E-state index is 14.1. The van der Waals surface area contributed by atoms with Crippen molar-refractivity contribution in [2.45, 2.75) is 71.1 Å². The van der Waals surface area contributed by atoms with Gasteiger partial charge in [-0.1, -0.05) is 12.1 Å². The second-order valence-corrected chi connectivity index (χ2v) is 13.2. The Morgan fingerprint density at radius 2 is 1.82 bits per heavy atom. The van der Waals surface area contributed by atoms with Crippen molar-refractivity contribution in [3.8, 4) is 11.1 Å². The van der Waals surface area contributed by atoms with Crippen LogP contribution in [0.3, 0.4) is 0 Å². The zero-order chi connectivity index (χ0) is 30.7. The maximum absolute atomic E-state index is 14.1. The van der Waals surface area contributed by atoms with Gasteiger partial charge < -0.3 is 15.5 Å². The minimum atomic E-state index is -0.635. The Morgan fingerprint density at radius 1 is 1.05 bits per heavy atom. The zero-order valence-corrected chi connectivity index (χ0v) is 26.4. The minimum absolute atomic E-state index is 0.0317. The molecular weight excluding hydrogens is 624 g/mol. The number of likely N-dealkylation sites (tertiary alicyclic amines) is 1. The van der Waals surface area contributed by atoms with Crippen LogP contribution < -0.4 is 10.6 Å². The number of carbonyl (C=O) groups excluding carboxylic acids is 3. The van der Waals surface area contributed by atoms with Crippen LogP contribution in [-0.2, 0) is 16.1 Å². The van der Waals surface area contributed by atoms with Gasteiger partial charge in [0.25, 0.3) is 0 Å². The molecule has 2 saturated carbocycles. The first-order chi connectivity index (χ1) is 21.1. The lowest BCUT2D eigenvalue weighted by molar-refractivity contribution is -0.138. The van der Waals surface area contributed by atoms with E-state index in [-0.39, 0.29) is 35.6 Å². The summed E-state index contributed by atoms with van der Waals surface area (Å²) in [5.41, 5.74) is 3.35. The van der Waals surface area contributed by atoms with Crippen LogP contribution >= 0.6 is 15.9 Å². The molecule has 3 atom stereocenters. The minimum Gasteiger partial charge on any atom is -0.325 e. The quantitative estimate of drug-likeness (QED) is 0.202. The first kappa shape index (κ1) is 28.7. The predicted octanol–water partition coefficient (Wildman–Crippen LogP) is 4.22. The standard InChI is InChI=1S/C32H33BrN8O3/c1-17-4-9-27(33)37-30(17)38-31(44)25-11-32(16-36-22-6-7-22)12-26(32)41(25)28(43)15-40-24-8-5-20(21-13-34-19(3)35-14-21)10-23(24)29(39-40)18(2)42/h4-5,8-10,13-14,22,25-26,36H,6-7,11-12,15-16H2,1-3H3,(H,37,38,44)/t25-,26?,32-/m0/s1. The molecule has 3 aliphatic rings. The number of hydrogen-bond donors (Lipinski definition) is 2. The SMILES string of the molecule is CC(=O)c1nn(CC(=O)N2C3C[C@]3(CNC3CC3)C[C@H]2C(=O)Nc2nc(Br)ccc2C)c2ccc(-c3cnc(C)nc3)cc12. The Bertz CT molecular complexity index is 1820. The van der Waals surface area contributed by atoms with E-state index in [0.717, 1.165) is 29.7 Å². The molecule has 226 valence electrons. The average molecular weight is 658 g/mol. The number of hydrogen-bond acceptors (Lipinski definition) is 8. The number of aryl methyl sites for hydroxylation is 2. The third kappa shape index (κ3) is 5.30. The largest absolute Gasteiger partial charge is 0.325 e. The van der Waals surface area contributed by atoms with Crippen molar-refractivity contribution in [2.24, 2.45) is 5.41 Å². The monoisotopic (exact) mass is 656 g/mol. The summed E-state index contributed by atoms with van der Waals surface area (Å²) in [4.78, 5) is 55.3. The smallest absolute Gasteiger partial charge is 0.248 e. The van der Waals surface area contributed by atoms with Crippen LogP contribution in [-0.4, -0.2) is 71.9 Å². The molecule has 3 fully saturated rings. The van der Waals surface area contributed by atoms with Gasteiger partial charge >= 0.3 is 0 Å². The molecule has 0 spiro atoms. The number of rotatable bonds is 9. The molecule has 2 N–H and O–H groups in total. The molecule has 4 aromatic rings. The summed E-state index contributed by atoms with van der Waals surface area (Å²) in [6.07, 6.45) is 7.28. The molecule has 12 heteroatoms. The molecule has 0 bridgehead atoms. The molecule has 1 aliphatic heterocycles. The summed E-state index contributed by atoms with van der Waals surface area (Å²) in [7, 11) is 0. The first-order valence-corrected chi connectivity index (χ1v) is 15.7. The molecule has 1 saturated heterocycles. The van der Waals surface area contributed by atoms with Gasteiger partial charge in [-0.05, 0) is 84.8 Å². The molecule has 0 radical (unpaired) electrons. The second kappa shape index (κ2) is 10.8. The number of benzene rings is 1. The molecule has 2 amide bonds. The number of nitrogens with one attached hydrogen (secondary N) is 2. The molecule has 4 heterocycles. The first-order valence-electron chi connectivity index (χ1n) is 14.9. The van der Waals surface area contributed by atoms with Crippen LogP contribution in [0.15, 0.2) is 47.3 Å². The molecule has 3 aromatic heterocycles. The van der Waals surface area contributed by atoms with Gasteiger partial charge in [0, 0.05) is 54.3 Å². The summed E-state index contributed by atoms with van der Waals surface area (Å²) >= 11 is 3.38. The Hall–Kier alpha value is -4.03. The Morgan fingerprint density at radius 3 is 2.55 bits per heavy atom. The summed E-state index contributed by atoms with van der Waals surface area (Å²) in [5, 5.41) is 11.9. The van der Waals surface area contributed by atoms with Crippen molar-refractivity contribution < 1.29 is 14.4 Å². The highest BCUT2D eigenvalue weighted by atomic mass is 79.9. The predicted molar refractivity (Wildman–Crippen MR) is 168 cm³/mol. The normalized spacial score (nSPS) is 22.2. The van der Waals surface area contributed by atoms with E-state index in [1.807, 2.05) is 44.2 Å². The van der Waals surface area contributed by atoms with Crippen LogP contribution in [0.2, 0.25) is 0 Å². The van der Waals surface area contributed by atoms with E-state index >= 15 is 0 Å². The Kier molecular flexibility index (Phi) is 7.08. The number of aromatic nitrogens is 5. The van der Waals surface area contributed by atoms with E-state index < -0.39 is 6.04 Å². The summed E-state index contributed by atoms with van der Waals surface area (Å²) in [6, 6.07) is 9.25. The summed E-state index contributed by atoms with van der Waals surface area (Å²) < 4.78 is 2.21. The van der Waals surface area contributed by atoms with E-state index in [2.05, 4.69) is 46.6 Å². The highest BCUT2D eigenvalue weighted by Gasteiger charge is 2.67. The third-order valence-electron chi connectivity index (χ3n) is 9.12. The van der Waals surface area contributed by atoms with Gasteiger partial charge in [-0.15, -0.1) is 0 Å². The Labute approximate surface area is 263 Å². The van der Waals surface area contributed by atoms with E-state index in [4.69, 9.17) is 0 Å². The van der Waals surface area contributed by atoms with Crippen molar-refractivity contribution in [3.63, 3.8) is 0 Å². The molecule has 11 nitrogen and oxygen atoms in total. The maximum Gasteiger partial charge on any atom is 0.248 e. The fourth-order valence-corrected chi connectivity index (χ4v) is 6.74. The number of ketones is 1. The Balaban J connectivity index is 1.18. The van der Waals surface area contributed by atoms with Crippen molar-refractivity contribution in [1.82, 2.24) is 34.9 Å². The van der Waals surface area contributed by atoms with Crippen LogP contribution in [0, 0.1) is 19.3 Å². The van der Waals surface area contributed by atoms with Crippen LogP contribution in [0.1, 0.15) is 54.5 Å². The molecular formula is C32H33BrN8O3. The van der Waals surface area contributed by atoms with Gasteiger partial charge in [0.2, 0.25) is 11.8 Å². The molecule has 7 rings (SSSR count). The van der Waals surface area contributed by atoms with Crippen LogP contribution in [0.4, 0.5) is 5.82 Å². The highest BCUT2D eigenvalue weighted by molar-refractivity contribution is 9.10. The van der Waals surface area contributed by atoms with E-state index in [1.54, 1.807) is 22.0 Å². The number of fused-ring (bicyclic) bond motifs is 2. The van der Waals surface area contributed by atoms with E-state index in [9.17, 15) is 14.4 Å². The lowest BCUT2D eigenvalue weighted by atomic mass is 9.99. The number of anilines is 1. The van der Waals surface area contributed by atoms with Gasteiger partial charge in [0.15, 0.2) is 5.78 Å². The second-order valence-electron chi connectivity index (χ2n) is 12.4. The van der Waals surface area contributed by atoms with Crippen molar-refractivity contribution in [3.05, 3.63) is 64.4 Å². The highest BCUT2D eigenvalue weighted by Crippen LogP contribution is 2.59. The number of pyridine rings is 1. The fourth-order valence-electron chi connectivity index (χ4n) is 6.43. The number of Topliss-reactive ketones (excluding diaryl/α,β-unsaturated/α-hetero) is 1. The van der Waals surface area contributed by atoms with Gasteiger partial charge in [0.05, 0.1) is 5.52 Å². The van der Waals surface area contributed by atoms with Gasteiger partial charge in [0.1, 0.15) is 34.5 Å². The molecule has 44 heavy (non-hydrogen) atoms. The zero-order valence-electron chi connectivity index (χ0n) is 24.8. The lowest BCUT2D eigenvalue weighted by Gasteiger charge is -2.27. The number of halogens is 1.